The van der Waals surface area contributed by atoms with E-state index in [1.807, 2.05) is 20.8 Å². The lowest BCUT2D eigenvalue weighted by molar-refractivity contribution is 0.0236. The molecule has 0 radical (unpaired) electrons. The van der Waals surface area contributed by atoms with Crippen LogP contribution in [-0.2, 0) is 17.7 Å². The molecule has 114 valence electrons. The minimum absolute atomic E-state index is 0.221. The summed E-state index contributed by atoms with van der Waals surface area (Å²) >= 11 is 0. The molecule has 1 aliphatic heterocycles. The maximum atomic E-state index is 12.2. The highest BCUT2D eigenvalue weighted by molar-refractivity contribution is 5.89. The summed E-state index contributed by atoms with van der Waals surface area (Å²) in [5, 5.41) is 9.22. The molecule has 21 heavy (non-hydrogen) atoms. The Morgan fingerprint density at radius 3 is 2.67 bits per heavy atom. The van der Waals surface area contributed by atoms with Gasteiger partial charge in [-0.15, -0.1) is 0 Å². The molecule has 0 spiro atoms. The molecule has 6 nitrogen and oxygen atoms in total. The van der Waals surface area contributed by atoms with E-state index in [9.17, 15) is 14.7 Å². The van der Waals surface area contributed by atoms with E-state index in [1.165, 1.54) is 6.20 Å². The van der Waals surface area contributed by atoms with Gasteiger partial charge in [-0.2, -0.15) is 0 Å². The number of rotatable bonds is 1. The maximum Gasteiger partial charge on any atom is 0.410 e. The van der Waals surface area contributed by atoms with Gasteiger partial charge in [-0.05, 0) is 44.7 Å². The van der Waals surface area contributed by atoms with Crippen LogP contribution in [0.25, 0.3) is 0 Å². The summed E-state index contributed by atoms with van der Waals surface area (Å²) in [6, 6.07) is 0. The van der Waals surface area contributed by atoms with Crippen molar-refractivity contribution in [2.24, 2.45) is 0 Å². The Morgan fingerprint density at radius 1 is 1.33 bits per heavy atom. The third-order valence-corrected chi connectivity index (χ3v) is 3.24. The average Bonchev–Trinajstić information content (AvgIpc) is 2.57. The zero-order valence-corrected chi connectivity index (χ0v) is 12.5. The van der Waals surface area contributed by atoms with E-state index < -0.39 is 11.6 Å². The molecule has 0 bridgehead atoms. The van der Waals surface area contributed by atoms with Crippen LogP contribution in [0.3, 0.4) is 0 Å². The van der Waals surface area contributed by atoms with Gasteiger partial charge >= 0.3 is 12.1 Å². The van der Waals surface area contributed by atoms with E-state index in [4.69, 9.17) is 4.74 Å². The summed E-state index contributed by atoms with van der Waals surface area (Å²) in [5.41, 5.74) is 1.22. The smallest absolute Gasteiger partial charge is 0.410 e. The van der Waals surface area contributed by atoms with Crippen LogP contribution >= 0.6 is 0 Å². The lowest BCUT2D eigenvalue weighted by Crippen LogP contribution is -2.36. The van der Waals surface area contributed by atoms with Crippen LogP contribution in [0, 0.1) is 0 Å². The van der Waals surface area contributed by atoms with Crippen molar-refractivity contribution in [1.29, 1.82) is 0 Å². The average molecular weight is 292 g/mol. The number of hydrogen-bond acceptors (Lipinski definition) is 4. The Hall–Kier alpha value is -2.11. The molecular formula is C15H20N2O4. The molecule has 0 fully saturated rings. The molecule has 1 aromatic heterocycles. The number of amides is 1. The summed E-state index contributed by atoms with van der Waals surface area (Å²) in [6.45, 7) is 6.34. The number of nitrogens with zero attached hydrogens (tertiary/aromatic N) is 2. The Kier molecular flexibility index (Phi) is 4.16. The van der Waals surface area contributed by atoms with Gasteiger partial charge in [0.15, 0.2) is 0 Å². The van der Waals surface area contributed by atoms with Crippen LogP contribution in [0.1, 0.15) is 48.7 Å². The molecule has 1 N–H and O–H groups in total. The Labute approximate surface area is 123 Å². The topological polar surface area (TPSA) is 79.7 Å². The number of carboxylic acid groups (broad SMARTS) is 1. The summed E-state index contributed by atoms with van der Waals surface area (Å²) < 4.78 is 5.38. The lowest BCUT2D eigenvalue weighted by Gasteiger charge is -2.26. The fraction of sp³-hybridized carbons (Fsp3) is 0.533. The van der Waals surface area contributed by atoms with Crippen molar-refractivity contribution in [1.82, 2.24) is 9.88 Å². The normalized spacial score (nSPS) is 15.1. The van der Waals surface area contributed by atoms with Gasteiger partial charge in [0.25, 0.3) is 0 Å². The largest absolute Gasteiger partial charge is 0.478 e. The number of carbonyl (C=O) groups excluding carboxylic acids is 1. The minimum atomic E-state index is -0.981. The number of aromatic carboxylic acids is 1. The van der Waals surface area contributed by atoms with Gasteiger partial charge < -0.3 is 14.7 Å². The second-order valence-corrected chi connectivity index (χ2v) is 6.14. The fourth-order valence-electron chi connectivity index (χ4n) is 2.36. The van der Waals surface area contributed by atoms with Gasteiger partial charge in [-0.1, -0.05) is 0 Å². The molecule has 6 heteroatoms. The predicted molar refractivity (Wildman–Crippen MR) is 76.2 cm³/mol. The van der Waals surface area contributed by atoms with Crippen LogP contribution in [0.5, 0.6) is 0 Å². The number of carboxylic acids is 1. The molecule has 0 atom stereocenters. The van der Waals surface area contributed by atoms with Crippen molar-refractivity contribution in [3.05, 3.63) is 29.1 Å². The standard InChI is InChI=1S/C15H20N2O4/c1-15(2,3)21-14(20)17-6-4-5-11-10(9-17)7-16-8-12(11)13(18)19/h7-8H,4-6,9H2,1-3H3,(H,18,19). The van der Waals surface area contributed by atoms with Crippen LogP contribution in [0.4, 0.5) is 4.79 Å². The molecule has 0 saturated heterocycles. The van der Waals surface area contributed by atoms with Gasteiger partial charge in [0.05, 0.1) is 12.1 Å². The number of fused-ring (bicyclic) bond motifs is 1. The second kappa shape index (κ2) is 5.71. The SMILES string of the molecule is CC(C)(C)OC(=O)N1CCCc2c(cncc2C(=O)O)C1. The van der Waals surface area contributed by atoms with Gasteiger partial charge in [0.2, 0.25) is 0 Å². The van der Waals surface area contributed by atoms with E-state index in [1.54, 1.807) is 11.1 Å². The molecule has 0 saturated carbocycles. The van der Waals surface area contributed by atoms with Crippen molar-refractivity contribution >= 4 is 12.1 Å². The van der Waals surface area contributed by atoms with Crippen molar-refractivity contribution in [2.45, 2.75) is 45.8 Å². The van der Waals surface area contributed by atoms with Crippen LogP contribution in [-0.4, -0.2) is 39.2 Å². The molecular weight excluding hydrogens is 272 g/mol. The first kappa shape index (κ1) is 15.3. The van der Waals surface area contributed by atoms with E-state index in [0.717, 1.165) is 11.1 Å². The number of hydrogen-bond donors (Lipinski definition) is 1. The maximum absolute atomic E-state index is 12.2. The van der Waals surface area contributed by atoms with Crippen molar-refractivity contribution in [2.75, 3.05) is 6.54 Å². The van der Waals surface area contributed by atoms with Crippen LogP contribution < -0.4 is 0 Å². The molecule has 2 heterocycles. The number of carbonyl (C=O) groups is 2. The monoisotopic (exact) mass is 292 g/mol. The van der Waals surface area contributed by atoms with Gasteiger partial charge in [0, 0.05) is 18.9 Å². The molecule has 1 aliphatic rings. The fourth-order valence-corrected chi connectivity index (χ4v) is 2.36. The number of ether oxygens (including phenoxy) is 1. The van der Waals surface area contributed by atoms with E-state index in [-0.39, 0.29) is 11.7 Å². The van der Waals surface area contributed by atoms with Crippen molar-refractivity contribution < 1.29 is 19.4 Å². The summed E-state index contributed by atoms with van der Waals surface area (Å²) in [6.07, 6.45) is 3.94. The zero-order valence-electron chi connectivity index (χ0n) is 12.5. The summed E-state index contributed by atoms with van der Waals surface area (Å²) in [5.74, 6) is -0.981. The third kappa shape index (κ3) is 3.71. The van der Waals surface area contributed by atoms with E-state index >= 15 is 0 Å². The highest BCUT2D eigenvalue weighted by Crippen LogP contribution is 2.23. The number of pyridine rings is 1. The van der Waals surface area contributed by atoms with Crippen molar-refractivity contribution in [3.8, 4) is 0 Å². The van der Waals surface area contributed by atoms with Crippen molar-refractivity contribution in [3.63, 3.8) is 0 Å². The first-order chi connectivity index (χ1) is 9.78. The minimum Gasteiger partial charge on any atom is -0.478 e. The zero-order chi connectivity index (χ0) is 15.6. The third-order valence-electron chi connectivity index (χ3n) is 3.24. The first-order valence-electron chi connectivity index (χ1n) is 6.95. The lowest BCUT2D eigenvalue weighted by atomic mass is 10.0. The number of aromatic nitrogens is 1. The first-order valence-corrected chi connectivity index (χ1v) is 6.95. The molecule has 0 unspecified atom stereocenters. The Bertz CT molecular complexity index is 563. The quantitative estimate of drug-likeness (QED) is 0.860. The second-order valence-electron chi connectivity index (χ2n) is 6.14. The highest BCUT2D eigenvalue weighted by Gasteiger charge is 2.26. The Morgan fingerprint density at radius 2 is 2.05 bits per heavy atom. The molecule has 0 aromatic carbocycles. The van der Waals surface area contributed by atoms with E-state index in [2.05, 4.69) is 4.98 Å². The Balaban J connectivity index is 2.24. The van der Waals surface area contributed by atoms with Gasteiger partial charge in [0.1, 0.15) is 5.60 Å². The molecule has 1 amide bonds. The van der Waals surface area contributed by atoms with Crippen LogP contribution in [0.2, 0.25) is 0 Å². The summed E-state index contributed by atoms with van der Waals surface area (Å²) in [4.78, 5) is 29.0. The van der Waals surface area contributed by atoms with Gasteiger partial charge in [-0.25, -0.2) is 9.59 Å². The van der Waals surface area contributed by atoms with Gasteiger partial charge in [-0.3, -0.25) is 4.98 Å². The highest BCUT2D eigenvalue weighted by atomic mass is 16.6. The van der Waals surface area contributed by atoms with Crippen LogP contribution in [0.15, 0.2) is 12.4 Å². The molecule has 1 aromatic rings. The molecule has 2 rings (SSSR count). The summed E-state index contributed by atoms with van der Waals surface area (Å²) in [7, 11) is 0. The van der Waals surface area contributed by atoms with E-state index in [0.29, 0.717) is 25.9 Å². The predicted octanol–water partition coefficient (Wildman–Crippen LogP) is 2.46. The molecule has 0 aliphatic carbocycles.